The molecule has 2 aliphatic carbocycles. The molecule has 4 aliphatic rings. The molecule has 1 aromatic carbocycles. The molecular formula is C28H33FN4. The maximum Gasteiger partial charge on any atom is 0.123 e. The summed E-state index contributed by atoms with van der Waals surface area (Å²) in [7, 11) is 0. The Bertz CT molecular complexity index is 1300. The van der Waals surface area contributed by atoms with Gasteiger partial charge in [0.1, 0.15) is 5.82 Å². The van der Waals surface area contributed by atoms with Gasteiger partial charge in [0.05, 0.1) is 33.5 Å². The van der Waals surface area contributed by atoms with E-state index in [2.05, 4.69) is 54.5 Å². The third-order valence-corrected chi connectivity index (χ3v) is 6.71. The summed E-state index contributed by atoms with van der Waals surface area (Å²) in [4.78, 5) is 12.7. The van der Waals surface area contributed by atoms with Gasteiger partial charge in [0, 0.05) is 25.3 Å². The van der Waals surface area contributed by atoms with Crippen LogP contribution in [-0.4, -0.2) is 40.1 Å². The normalized spacial score (nSPS) is 17.8. The molecule has 1 fully saturated rings. The van der Waals surface area contributed by atoms with E-state index in [1.54, 1.807) is 0 Å². The molecule has 0 radical (unpaired) electrons. The van der Waals surface area contributed by atoms with E-state index in [1.807, 2.05) is 12.1 Å². The van der Waals surface area contributed by atoms with Gasteiger partial charge in [-0.1, -0.05) is 26.0 Å². The third-order valence-electron chi connectivity index (χ3n) is 6.71. The highest BCUT2D eigenvalue weighted by molar-refractivity contribution is 5.62. The van der Waals surface area contributed by atoms with E-state index in [0.29, 0.717) is 12.0 Å². The van der Waals surface area contributed by atoms with E-state index in [0.717, 1.165) is 77.5 Å². The molecule has 0 spiro atoms. The Balaban J connectivity index is 1.61. The van der Waals surface area contributed by atoms with Gasteiger partial charge in [-0.05, 0) is 80.5 Å². The predicted molar refractivity (Wildman–Crippen MR) is 132 cm³/mol. The fourth-order valence-electron chi connectivity index (χ4n) is 5.11. The van der Waals surface area contributed by atoms with Gasteiger partial charge in [-0.15, -0.1) is 0 Å². The van der Waals surface area contributed by atoms with Gasteiger partial charge in [-0.3, -0.25) is 4.99 Å². The number of aromatic nitrogens is 2. The van der Waals surface area contributed by atoms with Gasteiger partial charge in [-0.2, -0.15) is 0 Å². The second-order valence-electron chi connectivity index (χ2n) is 9.86. The number of hydrogen-bond donors (Lipinski definition) is 0. The minimum atomic E-state index is -0.225. The number of likely N-dealkylation sites (tertiary alicyclic amines) is 1. The molecule has 1 saturated heterocycles. The molecule has 0 N–H and O–H groups in total. The lowest BCUT2D eigenvalue weighted by Crippen LogP contribution is -2.40. The van der Waals surface area contributed by atoms with Gasteiger partial charge < -0.3 is 9.47 Å². The first-order valence-electron chi connectivity index (χ1n) is 12.2. The molecule has 172 valence electrons. The molecule has 33 heavy (non-hydrogen) atoms. The monoisotopic (exact) mass is 444 g/mol. The number of fused-ring (bicyclic) bond motifs is 2. The van der Waals surface area contributed by atoms with Gasteiger partial charge in [0.25, 0.3) is 0 Å². The maximum absolute atomic E-state index is 13.7. The lowest BCUT2D eigenvalue weighted by molar-refractivity contribution is 0.192. The first kappa shape index (κ1) is 22.0. The van der Waals surface area contributed by atoms with Crippen LogP contribution in [0.2, 0.25) is 0 Å². The van der Waals surface area contributed by atoms with E-state index < -0.39 is 0 Å². The van der Waals surface area contributed by atoms with Crippen molar-refractivity contribution in [1.82, 2.24) is 14.5 Å². The van der Waals surface area contributed by atoms with Crippen molar-refractivity contribution < 1.29 is 4.39 Å². The van der Waals surface area contributed by atoms with Crippen LogP contribution in [-0.2, 0) is 0 Å². The van der Waals surface area contributed by atoms with Crippen LogP contribution in [0.5, 0.6) is 0 Å². The molecule has 5 rings (SSSR count). The molecule has 0 atom stereocenters. The number of hydrogen-bond acceptors (Lipinski definition) is 3. The van der Waals surface area contributed by atoms with Crippen molar-refractivity contribution in [3.8, 4) is 17.1 Å². The summed E-state index contributed by atoms with van der Waals surface area (Å²) in [5, 5.41) is 3.12. The Labute approximate surface area is 195 Å². The standard InChI is InChI=1S/C28H33FN4/c1-19(2)18-32-14-12-22(13-15-32)30-25-17-28-26(16-20(25)3)31-24-6-4-5-7-27(24)33(28)23-10-8-21(29)9-11-23/h6-11,16-17,19,22H,4-5,12-15,18H2,1-3H3. The zero-order valence-electron chi connectivity index (χ0n) is 19.9. The van der Waals surface area contributed by atoms with Crippen LogP contribution >= 0.6 is 0 Å². The maximum atomic E-state index is 13.7. The van der Waals surface area contributed by atoms with Gasteiger partial charge in [0.15, 0.2) is 0 Å². The Morgan fingerprint density at radius 3 is 2.52 bits per heavy atom. The lowest BCUT2D eigenvalue weighted by atomic mass is 10.0. The number of rotatable bonds is 4. The predicted octanol–water partition coefficient (Wildman–Crippen LogP) is 3.80. The highest BCUT2D eigenvalue weighted by Crippen LogP contribution is 2.21. The van der Waals surface area contributed by atoms with Crippen LogP contribution in [0.15, 0.2) is 41.4 Å². The Morgan fingerprint density at radius 1 is 1.06 bits per heavy atom. The number of benzene rings is 2. The summed E-state index contributed by atoms with van der Waals surface area (Å²) < 4.78 is 15.9. The van der Waals surface area contributed by atoms with Crippen LogP contribution in [0.4, 0.5) is 4.39 Å². The average Bonchev–Trinajstić information content (AvgIpc) is 2.80. The minimum Gasteiger partial charge on any atom is -0.306 e. The van der Waals surface area contributed by atoms with Gasteiger partial charge >= 0.3 is 0 Å². The Hall–Kier alpha value is -2.79. The largest absolute Gasteiger partial charge is 0.306 e. The topological polar surface area (TPSA) is 33.4 Å². The summed E-state index contributed by atoms with van der Waals surface area (Å²) in [5.41, 5.74) is 4.08. The molecule has 1 aromatic rings. The SMILES string of the molecule is Cc1cc2nc3c(n(-c4ccc(F)cc4)c-2cc1=NC1CCN(CC(C)C)CC1)=CCCC=3. The quantitative estimate of drug-likeness (QED) is 0.613. The first-order chi connectivity index (χ1) is 16.0. The summed E-state index contributed by atoms with van der Waals surface area (Å²) in [6, 6.07) is 11.4. The lowest BCUT2D eigenvalue weighted by Gasteiger charge is -2.31. The summed E-state index contributed by atoms with van der Waals surface area (Å²) in [6.45, 7) is 10.1. The van der Waals surface area contributed by atoms with Gasteiger partial charge in [0.2, 0.25) is 0 Å². The van der Waals surface area contributed by atoms with Crippen LogP contribution in [0.25, 0.3) is 29.2 Å². The van der Waals surface area contributed by atoms with E-state index in [-0.39, 0.29) is 5.82 Å². The second kappa shape index (κ2) is 9.22. The molecule has 0 bridgehead atoms. The van der Waals surface area contributed by atoms with Crippen LogP contribution in [0, 0.1) is 18.7 Å². The average molecular weight is 445 g/mol. The Kier molecular flexibility index (Phi) is 6.15. The van der Waals surface area contributed by atoms with Gasteiger partial charge in [-0.25, -0.2) is 9.37 Å². The molecule has 0 amide bonds. The fraction of sp³-hybridized carbons (Fsp3) is 0.429. The van der Waals surface area contributed by atoms with Crippen molar-refractivity contribution in [2.45, 2.75) is 52.5 Å². The van der Waals surface area contributed by atoms with Crippen LogP contribution < -0.4 is 16.1 Å². The molecule has 4 nitrogen and oxygen atoms in total. The van der Waals surface area contributed by atoms with Crippen molar-refractivity contribution in [2.24, 2.45) is 10.9 Å². The van der Waals surface area contributed by atoms with E-state index >= 15 is 0 Å². The minimum absolute atomic E-state index is 0.225. The highest BCUT2D eigenvalue weighted by atomic mass is 19.1. The van der Waals surface area contributed by atoms with Crippen molar-refractivity contribution >= 4 is 12.2 Å². The van der Waals surface area contributed by atoms with Crippen LogP contribution in [0.3, 0.4) is 0 Å². The number of nitrogens with zero attached hydrogens (tertiary/aromatic N) is 4. The van der Waals surface area contributed by atoms with E-state index in [4.69, 9.17) is 9.98 Å². The molecular weight excluding hydrogens is 411 g/mol. The van der Waals surface area contributed by atoms with Crippen molar-refractivity contribution in [3.05, 3.63) is 63.8 Å². The summed E-state index contributed by atoms with van der Waals surface area (Å²) in [6.07, 6.45) is 8.64. The molecule has 0 unspecified atom stereocenters. The molecule has 5 heteroatoms. The number of piperidine rings is 1. The van der Waals surface area contributed by atoms with Crippen molar-refractivity contribution in [3.63, 3.8) is 0 Å². The van der Waals surface area contributed by atoms with Crippen molar-refractivity contribution in [2.75, 3.05) is 19.6 Å². The Morgan fingerprint density at radius 2 is 1.79 bits per heavy atom. The third kappa shape index (κ3) is 4.65. The molecule has 2 heterocycles. The highest BCUT2D eigenvalue weighted by Gasteiger charge is 2.20. The zero-order valence-corrected chi connectivity index (χ0v) is 19.9. The summed E-state index contributed by atoms with van der Waals surface area (Å²) >= 11 is 0. The first-order valence-corrected chi connectivity index (χ1v) is 12.2. The fourth-order valence-corrected chi connectivity index (χ4v) is 5.11. The second-order valence-corrected chi connectivity index (χ2v) is 9.86. The molecule has 0 saturated carbocycles. The van der Waals surface area contributed by atoms with E-state index in [9.17, 15) is 4.39 Å². The smallest absolute Gasteiger partial charge is 0.123 e. The van der Waals surface area contributed by atoms with E-state index in [1.165, 1.54) is 18.7 Å². The summed E-state index contributed by atoms with van der Waals surface area (Å²) in [5.74, 6) is 0.480. The number of halogens is 1. The van der Waals surface area contributed by atoms with Crippen molar-refractivity contribution in [1.29, 1.82) is 0 Å². The van der Waals surface area contributed by atoms with Crippen LogP contribution in [0.1, 0.15) is 45.1 Å². The molecule has 2 aliphatic heterocycles. The molecule has 0 aromatic heterocycles. The number of aryl methyl sites for hydroxylation is 1. The zero-order chi connectivity index (χ0) is 22.9.